The summed E-state index contributed by atoms with van der Waals surface area (Å²) in [5.74, 6) is 0.300. The molecule has 0 bridgehead atoms. The summed E-state index contributed by atoms with van der Waals surface area (Å²) < 4.78 is 10.4. The van der Waals surface area contributed by atoms with E-state index in [1.165, 1.54) is 0 Å². The molecule has 1 fully saturated rings. The number of nitrogens with zero attached hydrogens (tertiary/aromatic N) is 2. The highest BCUT2D eigenvalue weighted by Crippen LogP contribution is 2.22. The van der Waals surface area contributed by atoms with Gasteiger partial charge >= 0.3 is 0 Å². The zero-order valence-corrected chi connectivity index (χ0v) is 17.6. The van der Waals surface area contributed by atoms with Gasteiger partial charge in [-0.15, -0.1) is 0 Å². The average Bonchev–Trinajstić information content (AvgIpc) is 2.76. The largest absolute Gasteiger partial charge is 0.481 e. The smallest absolute Gasteiger partial charge is 0.269 e. The van der Waals surface area contributed by atoms with Crippen LogP contribution in [0.4, 0.5) is 0 Å². The van der Waals surface area contributed by atoms with Crippen LogP contribution in [0.1, 0.15) is 37.7 Å². The number of aliphatic hydroxyl groups is 1. The highest BCUT2D eigenvalue weighted by atomic mass is 16.5. The van der Waals surface area contributed by atoms with Gasteiger partial charge in [0.1, 0.15) is 5.71 Å². The van der Waals surface area contributed by atoms with Gasteiger partial charge in [0.25, 0.3) is 5.91 Å². The van der Waals surface area contributed by atoms with E-state index in [1.54, 1.807) is 13.3 Å². The number of nitrogens with one attached hydrogen (secondary N) is 1. The normalized spacial score (nSPS) is 26.7. The first kappa shape index (κ1) is 22.2. The highest BCUT2D eigenvalue weighted by molar-refractivity contribution is 6.43. The third kappa shape index (κ3) is 6.24. The number of aliphatic hydroxyl groups excluding tert-OH is 1. The molecule has 0 spiro atoms. The molecular weight excluding hydrogens is 382 g/mol. The van der Waals surface area contributed by atoms with E-state index in [9.17, 15) is 9.90 Å². The summed E-state index contributed by atoms with van der Waals surface area (Å²) in [6.07, 6.45) is 8.06. The number of aromatic nitrogens is 1. The predicted molar refractivity (Wildman–Crippen MR) is 116 cm³/mol. The molecule has 3 heterocycles. The van der Waals surface area contributed by atoms with Gasteiger partial charge in [-0.25, -0.2) is 4.98 Å². The van der Waals surface area contributed by atoms with Gasteiger partial charge in [-0.2, -0.15) is 0 Å². The van der Waals surface area contributed by atoms with Crippen molar-refractivity contribution in [3.8, 4) is 5.88 Å². The van der Waals surface area contributed by atoms with Gasteiger partial charge in [0.2, 0.25) is 5.88 Å². The Morgan fingerprint density at radius 3 is 2.97 bits per heavy atom. The lowest BCUT2D eigenvalue weighted by atomic mass is 9.94. The molecule has 162 valence electrons. The van der Waals surface area contributed by atoms with E-state index in [0.29, 0.717) is 37.6 Å². The third-order valence-electron chi connectivity index (χ3n) is 5.46. The lowest BCUT2D eigenvalue weighted by Gasteiger charge is -2.28. The van der Waals surface area contributed by atoms with E-state index in [-0.39, 0.29) is 18.6 Å². The van der Waals surface area contributed by atoms with E-state index in [4.69, 9.17) is 9.47 Å². The second-order valence-electron chi connectivity index (χ2n) is 7.75. The molecule has 2 atom stereocenters. The van der Waals surface area contributed by atoms with Crippen molar-refractivity contribution in [1.82, 2.24) is 10.3 Å². The van der Waals surface area contributed by atoms with Crippen molar-refractivity contribution in [1.29, 1.82) is 0 Å². The standard InChI is InChI=1S/C23H31N3O4/c1-16-6-4-3-5-10-24-20(23(28)26-19-9-11-30-15-21(19)27)13-18(16)12-17-7-8-22(29-2)25-14-17/h7-8,13-14,19,21,27H,1,3-6,9-12,15H2,2H3,(H,26,28)/b18-13-,24-20+/t19-,21-/m0/s1. The van der Waals surface area contributed by atoms with Crippen LogP contribution in [-0.4, -0.2) is 60.7 Å². The molecule has 0 aliphatic carbocycles. The molecule has 1 aromatic rings. The first-order valence-electron chi connectivity index (χ1n) is 10.6. The first-order valence-corrected chi connectivity index (χ1v) is 10.6. The topological polar surface area (TPSA) is 93.0 Å². The summed E-state index contributed by atoms with van der Waals surface area (Å²) in [4.78, 5) is 21.8. The molecule has 1 saturated heterocycles. The fourth-order valence-corrected chi connectivity index (χ4v) is 3.60. The van der Waals surface area contributed by atoms with E-state index in [0.717, 1.165) is 42.4 Å². The van der Waals surface area contributed by atoms with E-state index >= 15 is 0 Å². The Morgan fingerprint density at radius 1 is 1.37 bits per heavy atom. The molecule has 1 amide bonds. The number of carbonyl (C=O) groups excluding carboxylic acids is 1. The van der Waals surface area contributed by atoms with Crippen LogP contribution in [0.5, 0.6) is 5.88 Å². The summed E-state index contributed by atoms with van der Waals surface area (Å²) in [5, 5.41) is 13.0. The van der Waals surface area contributed by atoms with Crippen LogP contribution in [0.25, 0.3) is 0 Å². The van der Waals surface area contributed by atoms with Crippen LogP contribution in [0.15, 0.2) is 47.1 Å². The Morgan fingerprint density at radius 2 is 2.23 bits per heavy atom. The molecule has 1 aromatic heterocycles. The molecule has 0 unspecified atom stereocenters. The number of hydrogen-bond acceptors (Lipinski definition) is 6. The lowest BCUT2D eigenvalue weighted by Crippen LogP contribution is -2.50. The van der Waals surface area contributed by atoms with Gasteiger partial charge in [-0.1, -0.05) is 24.6 Å². The molecule has 30 heavy (non-hydrogen) atoms. The van der Waals surface area contributed by atoms with Crippen LogP contribution in [0.2, 0.25) is 0 Å². The predicted octanol–water partition coefficient (Wildman–Crippen LogP) is 2.40. The van der Waals surface area contributed by atoms with Gasteiger partial charge in [0, 0.05) is 25.4 Å². The molecule has 2 aliphatic heterocycles. The quantitative estimate of drug-likeness (QED) is 0.773. The number of allylic oxidation sites excluding steroid dienone is 2. The molecule has 0 saturated carbocycles. The maximum Gasteiger partial charge on any atom is 0.269 e. The summed E-state index contributed by atoms with van der Waals surface area (Å²) >= 11 is 0. The summed E-state index contributed by atoms with van der Waals surface area (Å²) in [6, 6.07) is 3.47. The minimum Gasteiger partial charge on any atom is -0.481 e. The lowest BCUT2D eigenvalue weighted by molar-refractivity contribution is -0.118. The van der Waals surface area contributed by atoms with Crippen molar-refractivity contribution in [2.24, 2.45) is 4.99 Å². The second-order valence-corrected chi connectivity index (χ2v) is 7.75. The fourth-order valence-electron chi connectivity index (χ4n) is 3.60. The zero-order chi connectivity index (χ0) is 21.3. The Bertz CT molecular complexity index is 801. The second kappa shape index (κ2) is 11.0. The molecule has 2 N–H and O–H groups in total. The highest BCUT2D eigenvalue weighted by Gasteiger charge is 2.26. The maximum atomic E-state index is 13.0. The molecule has 7 heteroatoms. The summed E-state index contributed by atoms with van der Waals surface area (Å²) in [6.45, 7) is 5.64. The van der Waals surface area contributed by atoms with Gasteiger partial charge in [-0.3, -0.25) is 9.79 Å². The minimum atomic E-state index is -0.702. The number of aliphatic imine (C=N–C) groups is 1. The number of methoxy groups -OCH3 is 1. The fraction of sp³-hybridized carbons (Fsp3) is 0.522. The number of pyridine rings is 1. The summed E-state index contributed by atoms with van der Waals surface area (Å²) in [7, 11) is 1.59. The number of amides is 1. The van der Waals surface area contributed by atoms with E-state index < -0.39 is 6.10 Å². The van der Waals surface area contributed by atoms with Gasteiger partial charge in [-0.05, 0) is 49.3 Å². The molecular formula is C23H31N3O4. The van der Waals surface area contributed by atoms with Crippen molar-refractivity contribution in [3.63, 3.8) is 0 Å². The molecule has 7 nitrogen and oxygen atoms in total. The van der Waals surface area contributed by atoms with Gasteiger partial charge in [0.05, 0.1) is 25.9 Å². The Kier molecular flexibility index (Phi) is 8.16. The van der Waals surface area contributed by atoms with Crippen molar-refractivity contribution in [2.45, 2.75) is 50.7 Å². The molecule has 0 radical (unpaired) electrons. The Balaban J connectivity index is 1.81. The van der Waals surface area contributed by atoms with E-state index in [2.05, 4.69) is 21.9 Å². The van der Waals surface area contributed by atoms with Crippen LogP contribution in [0.3, 0.4) is 0 Å². The summed E-state index contributed by atoms with van der Waals surface area (Å²) in [5.41, 5.74) is 3.39. The first-order chi connectivity index (χ1) is 14.6. The van der Waals surface area contributed by atoms with Crippen LogP contribution < -0.4 is 10.1 Å². The van der Waals surface area contributed by atoms with Gasteiger partial charge < -0.3 is 19.9 Å². The number of carbonyl (C=O) groups is 1. The van der Waals surface area contributed by atoms with Gasteiger partial charge in [0.15, 0.2) is 0 Å². The third-order valence-corrected chi connectivity index (χ3v) is 5.46. The van der Waals surface area contributed by atoms with Crippen molar-refractivity contribution in [3.05, 3.63) is 47.7 Å². The molecule has 0 aromatic carbocycles. The van der Waals surface area contributed by atoms with E-state index in [1.807, 2.05) is 18.2 Å². The van der Waals surface area contributed by atoms with Crippen molar-refractivity contribution < 1.29 is 19.4 Å². The van der Waals surface area contributed by atoms with Crippen LogP contribution >= 0.6 is 0 Å². The zero-order valence-electron chi connectivity index (χ0n) is 17.6. The number of ether oxygens (including phenoxy) is 2. The molecule has 3 rings (SSSR count). The number of hydrogen-bond donors (Lipinski definition) is 2. The Labute approximate surface area is 177 Å². The Hall–Kier alpha value is -2.51. The monoisotopic (exact) mass is 413 g/mol. The SMILES string of the molecule is C=C1CCCCC/N=C(C(=O)N[C@H]2CCOC[C@@H]2O)\C=C/1Cc1ccc(OC)nc1. The van der Waals surface area contributed by atoms with Crippen LogP contribution in [0, 0.1) is 0 Å². The minimum absolute atomic E-state index is 0.236. The maximum absolute atomic E-state index is 13.0. The van der Waals surface area contributed by atoms with Crippen molar-refractivity contribution >= 4 is 11.6 Å². The number of rotatable bonds is 5. The van der Waals surface area contributed by atoms with Crippen LogP contribution in [-0.2, 0) is 16.0 Å². The average molecular weight is 414 g/mol. The van der Waals surface area contributed by atoms with Crippen molar-refractivity contribution in [2.75, 3.05) is 26.9 Å². The molecule has 2 aliphatic rings.